The van der Waals surface area contributed by atoms with Gasteiger partial charge in [0.25, 0.3) is 5.56 Å². The van der Waals surface area contributed by atoms with E-state index in [9.17, 15) is 9.59 Å². The van der Waals surface area contributed by atoms with Gasteiger partial charge < -0.3 is 5.32 Å². The van der Waals surface area contributed by atoms with E-state index < -0.39 is 0 Å². The molecule has 0 saturated heterocycles. The molecule has 0 aliphatic heterocycles. The minimum Gasteiger partial charge on any atom is -0.352 e. The lowest BCUT2D eigenvalue weighted by Crippen LogP contribution is -2.37. The normalized spacial score (nSPS) is 15.1. The minimum atomic E-state index is -0.114. The quantitative estimate of drug-likeness (QED) is 0.769. The molecule has 0 bridgehead atoms. The van der Waals surface area contributed by atoms with E-state index in [0.29, 0.717) is 0 Å². The molecule has 1 aliphatic carbocycles. The highest BCUT2D eigenvalue weighted by molar-refractivity contribution is 7.18. The predicted molar refractivity (Wildman–Crippen MR) is 102 cm³/mol. The molecule has 5 nitrogen and oxygen atoms in total. The third-order valence-corrected chi connectivity index (χ3v) is 6.10. The third kappa shape index (κ3) is 4.11. The van der Waals surface area contributed by atoms with Gasteiger partial charge in [-0.25, -0.2) is 4.98 Å². The molecule has 1 aliphatic rings. The summed E-state index contributed by atoms with van der Waals surface area (Å²) in [7, 11) is 0. The zero-order chi connectivity index (χ0) is 17.8. The van der Waals surface area contributed by atoms with Crippen LogP contribution >= 0.6 is 11.3 Å². The van der Waals surface area contributed by atoms with Gasteiger partial charge in [-0.05, 0) is 44.6 Å². The Morgan fingerprint density at radius 2 is 2.16 bits per heavy atom. The van der Waals surface area contributed by atoms with Crippen LogP contribution in [0.5, 0.6) is 0 Å². The maximum absolute atomic E-state index is 12.8. The minimum absolute atomic E-state index is 0.0461. The summed E-state index contributed by atoms with van der Waals surface area (Å²) in [4.78, 5) is 31.7. The summed E-state index contributed by atoms with van der Waals surface area (Å²) < 4.78 is 1.46. The number of hydrogen-bond acceptors (Lipinski definition) is 4. The number of aromatic nitrogens is 2. The smallest absolute Gasteiger partial charge is 0.262 e. The molecule has 2 aromatic rings. The largest absolute Gasteiger partial charge is 0.352 e. The SMILES string of the molecule is CCCCC[C@@H](C)NC(=O)Cn1cnc2sc3c(c2c1=O)CCCC3. The van der Waals surface area contributed by atoms with Crippen molar-refractivity contribution in [3.05, 3.63) is 27.1 Å². The van der Waals surface area contributed by atoms with Gasteiger partial charge in [-0.1, -0.05) is 26.2 Å². The molecule has 0 spiro atoms. The fraction of sp³-hybridized carbons (Fsp3) is 0.632. The van der Waals surface area contributed by atoms with Crippen LogP contribution in [0.3, 0.4) is 0 Å². The van der Waals surface area contributed by atoms with Crippen LogP contribution in [0, 0.1) is 0 Å². The molecule has 1 N–H and O–H groups in total. The molecule has 6 heteroatoms. The van der Waals surface area contributed by atoms with Crippen LogP contribution in [0.1, 0.15) is 62.8 Å². The van der Waals surface area contributed by atoms with Crippen LogP contribution in [0.25, 0.3) is 10.2 Å². The lowest BCUT2D eigenvalue weighted by Gasteiger charge is -2.14. The van der Waals surface area contributed by atoms with Crippen molar-refractivity contribution in [1.82, 2.24) is 14.9 Å². The molecule has 136 valence electrons. The number of hydrogen-bond donors (Lipinski definition) is 1. The second-order valence-corrected chi connectivity index (χ2v) is 8.12. The van der Waals surface area contributed by atoms with Gasteiger partial charge in [-0.2, -0.15) is 0 Å². The fourth-order valence-electron chi connectivity index (χ4n) is 3.54. The lowest BCUT2D eigenvalue weighted by atomic mass is 9.97. The van der Waals surface area contributed by atoms with Crippen LogP contribution in [0.15, 0.2) is 11.1 Å². The van der Waals surface area contributed by atoms with Gasteiger partial charge in [-0.3, -0.25) is 14.2 Å². The number of carbonyl (C=O) groups is 1. The number of amides is 1. The molecule has 2 aromatic heterocycles. The molecule has 0 aromatic carbocycles. The van der Waals surface area contributed by atoms with Crippen LogP contribution in [0.2, 0.25) is 0 Å². The van der Waals surface area contributed by atoms with Crippen LogP contribution in [-0.2, 0) is 24.2 Å². The van der Waals surface area contributed by atoms with Crippen molar-refractivity contribution in [3.63, 3.8) is 0 Å². The van der Waals surface area contributed by atoms with E-state index in [2.05, 4.69) is 17.2 Å². The average molecular weight is 362 g/mol. The van der Waals surface area contributed by atoms with Crippen molar-refractivity contribution < 1.29 is 4.79 Å². The van der Waals surface area contributed by atoms with Crippen LogP contribution in [-0.4, -0.2) is 21.5 Å². The van der Waals surface area contributed by atoms with E-state index in [1.165, 1.54) is 40.6 Å². The number of rotatable bonds is 7. The highest BCUT2D eigenvalue weighted by Crippen LogP contribution is 2.33. The van der Waals surface area contributed by atoms with Gasteiger partial charge in [0.2, 0.25) is 5.91 Å². The van der Waals surface area contributed by atoms with Gasteiger partial charge in [0.15, 0.2) is 0 Å². The standard InChI is InChI=1S/C19H27N3O2S/c1-3-4-5-8-13(2)21-16(23)11-22-12-20-18-17(19(22)24)14-9-6-7-10-15(14)25-18/h12-13H,3-11H2,1-2H3,(H,21,23)/t13-/m1/s1. The Balaban J connectivity index is 1.72. The maximum Gasteiger partial charge on any atom is 0.262 e. The Morgan fingerprint density at radius 1 is 1.36 bits per heavy atom. The first-order chi connectivity index (χ1) is 12.1. The second kappa shape index (κ2) is 8.13. The summed E-state index contributed by atoms with van der Waals surface area (Å²) in [6.45, 7) is 4.24. The van der Waals surface area contributed by atoms with E-state index in [1.54, 1.807) is 11.3 Å². The number of thiophene rings is 1. The van der Waals surface area contributed by atoms with Gasteiger partial charge in [0.05, 0.1) is 11.7 Å². The highest BCUT2D eigenvalue weighted by Gasteiger charge is 2.20. The first kappa shape index (κ1) is 18.1. The molecule has 2 heterocycles. The Kier molecular flexibility index (Phi) is 5.89. The van der Waals surface area contributed by atoms with E-state index >= 15 is 0 Å². The average Bonchev–Trinajstić information content (AvgIpc) is 2.97. The molecule has 0 radical (unpaired) electrons. The number of nitrogens with one attached hydrogen (secondary N) is 1. The molecule has 3 rings (SSSR count). The zero-order valence-electron chi connectivity index (χ0n) is 15.1. The Labute approximate surface area is 152 Å². The summed E-state index contributed by atoms with van der Waals surface area (Å²) in [5.41, 5.74) is 1.10. The number of nitrogens with zero attached hydrogens (tertiary/aromatic N) is 2. The number of fused-ring (bicyclic) bond motifs is 3. The Morgan fingerprint density at radius 3 is 2.96 bits per heavy atom. The highest BCUT2D eigenvalue weighted by atomic mass is 32.1. The first-order valence-electron chi connectivity index (χ1n) is 9.39. The first-order valence-corrected chi connectivity index (χ1v) is 10.2. The van der Waals surface area contributed by atoms with Gasteiger partial charge in [0, 0.05) is 10.9 Å². The summed E-state index contributed by atoms with van der Waals surface area (Å²) in [6.07, 6.45) is 10.3. The molecule has 0 unspecified atom stereocenters. The van der Waals surface area contributed by atoms with E-state index in [1.807, 2.05) is 6.92 Å². The molecule has 25 heavy (non-hydrogen) atoms. The van der Waals surface area contributed by atoms with Gasteiger partial charge in [-0.15, -0.1) is 11.3 Å². The lowest BCUT2D eigenvalue weighted by molar-refractivity contribution is -0.122. The number of unbranched alkanes of at least 4 members (excludes halogenated alkanes) is 2. The van der Waals surface area contributed by atoms with Gasteiger partial charge in [0.1, 0.15) is 11.4 Å². The van der Waals surface area contributed by atoms with Crippen LogP contribution in [0.4, 0.5) is 0 Å². The fourth-order valence-corrected chi connectivity index (χ4v) is 4.76. The summed E-state index contributed by atoms with van der Waals surface area (Å²) in [6, 6.07) is 0.139. The van der Waals surface area contributed by atoms with Crippen molar-refractivity contribution in [1.29, 1.82) is 0 Å². The molecule has 1 atom stereocenters. The third-order valence-electron chi connectivity index (χ3n) is 4.90. The molecular weight excluding hydrogens is 334 g/mol. The molecule has 0 saturated carbocycles. The number of aryl methyl sites for hydroxylation is 2. The molecular formula is C19H27N3O2S. The van der Waals surface area contributed by atoms with Crippen molar-refractivity contribution in [3.8, 4) is 0 Å². The van der Waals surface area contributed by atoms with Crippen molar-refractivity contribution in [2.45, 2.75) is 77.8 Å². The van der Waals surface area contributed by atoms with Crippen molar-refractivity contribution in [2.24, 2.45) is 0 Å². The zero-order valence-corrected chi connectivity index (χ0v) is 16.0. The van der Waals surface area contributed by atoms with E-state index in [4.69, 9.17) is 0 Å². The molecule has 0 fully saturated rings. The number of carbonyl (C=O) groups excluding carboxylic acids is 1. The van der Waals surface area contributed by atoms with Crippen LogP contribution < -0.4 is 10.9 Å². The topological polar surface area (TPSA) is 64.0 Å². The Hall–Kier alpha value is -1.69. The van der Waals surface area contributed by atoms with E-state index in [-0.39, 0.29) is 24.1 Å². The van der Waals surface area contributed by atoms with E-state index in [0.717, 1.165) is 42.3 Å². The predicted octanol–water partition coefficient (Wildman–Crippen LogP) is 3.42. The summed E-state index contributed by atoms with van der Waals surface area (Å²) >= 11 is 1.64. The summed E-state index contributed by atoms with van der Waals surface area (Å²) in [5, 5.41) is 3.74. The van der Waals surface area contributed by atoms with Crippen molar-refractivity contribution in [2.75, 3.05) is 0 Å². The second-order valence-electron chi connectivity index (χ2n) is 7.03. The molecule has 1 amide bonds. The van der Waals surface area contributed by atoms with Gasteiger partial charge >= 0.3 is 0 Å². The summed E-state index contributed by atoms with van der Waals surface area (Å²) in [5.74, 6) is -0.114. The monoisotopic (exact) mass is 361 g/mol. The maximum atomic E-state index is 12.8. The van der Waals surface area contributed by atoms with Crippen molar-refractivity contribution >= 4 is 27.5 Å². The Bertz CT molecular complexity index is 809.